The molecule has 1 unspecified atom stereocenters. The van der Waals surface area contributed by atoms with Gasteiger partial charge in [-0.05, 0) is 43.0 Å². The SMILES string of the molecule is CCCNS(=O)(=O)c1ccc(S(=O)(=O)NC(CC(C)C)C(=O)O)cc1. The van der Waals surface area contributed by atoms with Crippen LogP contribution in [0.5, 0.6) is 0 Å². The van der Waals surface area contributed by atoms with E-state index in [1.54, 1.807) is 13.8 Å². The van der Waals surface area contributed by atoms with Gasteiger partial charge in [-0.15, -0.1) is 0 Å². The first-order valence-electron chi connectivity index (χ1n) is 7.84. The van der Waals surface area contributed by atoms with Crippen molar-refractivity contribution in [3.05, 3.63) is 24.3 Å². The predicted molar refractivity (Wildman–Crippen MR) is 93.1 cm³/mol. The van der Waals surface area contributed by atoms with Gasteiger partial charge in [-0.25, -0.2) is 21.6 Å². The normalized spacial score (nSPS) is 13.8. The molecular formula is C15H24N2O6S2. The molecule has 0 aliphatic carbocycles. The van der Waals surface area contributed by atoms with Crippen molar-refractivity contribution >= 4 is 26.0 Å². The van der Waals surface area contributed by atoms with Crippen LogP contribution in [0.1, 0.15) is 33.6 Å². The maximum Gasteiger partial charge on any atom is 0.321 e. The van der Waals surface area contributed by atoms with E-state index < -0.39 is 32.1 Å². The van der Waals surface area contributed by atoms with Gasteiger partial charge in [0.2, 0.25) is 20.0 Å². The number of hydrogen-bond donors (Lipinski definition) is 3. The van der Waals surface area contributed by atoms with E-state index in [0.717, 1.165) is 12.1 Å². The van der Waals surface area contributed by atoms with E-state index in [0.29, 0.717) is 6.42 Å². The van der Waals surface area contributed by atoms with Crippen LogP contribution in [-0.2, 0) is 24.8 Å². The Hall–Kier alpha value is -1.49. The van der Waals surface area contributed by atoms with Crippen LogP contribution in [0.15, 0.2) is 34.1 Å². The van der Waals surface area contributed by atoms with Gasteiger partial charge in [0.05, 0.1) is 9.79 Å². The van der Waals surface area contributed by atoms with E-state index in [9.17, 15) is 21.6 Å². The quantitative estimate of drug-likeness (QED) is 0.548. The monoisotopic (exact) mass is 392 g/mol. The summed E-state index contributed by atoms with van der Waals surface area (Å²) in [5, 5.41) is 9.15. The summed E-state index contributed by atoms with van der Waals surface area (Å²) in [4.78, 5) is 11.0. The van der Waals surface area contributed by atoms with Gasteiger partial charge in [0, 0.05) is 6.54 Å². The van der Waals surface area contributed by atoms with Crippen LogP contribution >= 0.6 is 0 Å². The van der Waals surface area contributed by atoms with Gasteiger partial charge in [-0.3, -0.25) is 4.79 Å². The third kappa shape index (κ3) is 6.38. The molecule has 0 heterocycles. The number of nitrogens with one attached hydrogen (secondary N) is 2. The van der Waals surface area contributed by atoms with E-state index in [-0.39, 0.29) is 28.7 Å². The molecule has 8 nitrogen and oxygen atoms in total. The third-order valence-corrected chi connectivity index (χ3v) is 6.25. The van der Waals surface area contributed by atoms with Crippen LogP contribution in [0.25, 0.3) is 0 Å². The molecule has 1 aromatic rings. The lowest BCUT2D eigenvalue weighted by atomic mass is 10.1. The van der Waals surface area contributed by atoms with Crippen LogP contribution < -0.4 is 9.44 Å². The lowest BCUT2D eigenvalue weighted by Gasteiger charge is -2.16. The average Bonchev–Trinajstić information content (AvgIpc) is 2.51. The Labute approximate surface area is 148 Å². The summed E-state index contributed by atoms with van der Waals surface area (Å²) in [6.07, 6.45) is 0.768. The second-order valence-corrected chi connectivity index (χ2v) is 9.49. The molecule has 0 radical (unpaired) electrons. The van der Waals surface area contributed by atoms with Gasteiger partial charge < -0.3 is 5.11 Å². The summed E-state index contributed by atoms with van der Waals surface area (Å²) in [5.74, 6) is -1.28. The van der Waals surface area contributed by atoms with E-state index in [4.69, 9.17) is 5.11 Å². The number of benzene rings is 1. The van der Waals surface area contributed by atoms with Crippen molar-refractivity contribution in [2.45, 2.75) is 49.4 Å². The summed E-state index contributed by atoms with van der Waals surface area (Å²) < 4.78 is 53.1. The van der Waals surface area contributed by atoms with Crippen molar-refractivity contribution in [3.8, 4) is 0 Å². The number of carbonyl (C=O) groups is 1. The van der Waals surface area contributed by atoms with Crippen molar-refractivity contribution in [2.75, 3.05) is 6.54 Å². The first-order chi connectivity index (χ1) is 11.5. The Morgan fingerprint density at radius 1 is 1.04 bits per heavy atom. The second-order valence-electron chi connectivity index (χ2n) is 6.01. The summed E-state index contributed by atoms with van der Waals surface area (Å²) >= 11 is 0. The molecule has 1 aromatic carbocycles. The number of carboxylic acids is 1. The first kappa shape index (κ1) is 21.6. The lowest BCUT2D eigenvalue weighted by molar-refractivity contribution is -0.139. The fourth-order valence-corrected chi connectivity index (χ4v) is 4.38. The highest BCUT2D eigenvalue weighted by molar-refractivity contribution is 7.90. The Morgan fingerprint density at radius 2 is 1.52 bits per heavy atom. The molecule has 25 heavy (non-hydrogen) atoms. The lowest BCUT2D eigenvalue weighted by Crippen LogP contribution is -2.41. The van der Waals surface area contributed by atoms with Crippen LogP contribution in [0.2, 0.25) is 0 Å². The van der Waals surface area contributed by atoms with Crippen LogP contribution in [0, 0.1) is 5.92 Å². The Balaban J connectivity index is 3.02. The van der Waals surface area contributed by atoms with E-state index in [1.165, 1.54) is 12.1 Å². The number of hydrogen-bond acceptors (Lipinski definition) is 5. The number of sulfonamides is 2. The van der Waals surface area contributed by atoms with Gasteiger partial charge in [0.1, 0.15) is 6.04 Å². The number of carboxylic acid groups (broad SMARTS) is 1. The molecule has 0 aromatic heterocycles. The largest absolute Gasteiger partial charge is 0.480 e. The molecule has 1 rings (SSSR count). The third-order valence-electron chi connectivity index (χ3n) is 3.29. The zero-order valence-electron chi connectivity index (χ0n) is 14.4. The number of aliphatic carboxylic acids is 1. The minimum Gasteiger partial charge on any atom is -0.480 e. The molecule has 0 spiro atoms. The molecule has 1 atom stereocenters. The fraction of sp³-hybridized carbons (Fsp3) is 0.533. The standard InChI is InChI=1S/C15H24N2O6S2/c1-4-9-16-24(20,21)12-5-7-13(8-6-12)25(22,23)17-14(15(18)19)10-11(2)3/h5-8,11,14,16-17H,4,9-10H2,1-3H3,(H,18,19). The van der Waals surface area contributed by atoms with Crippen LogP contribution in [-0.4, -0.2) is 40.5 Å². The Kier molecular flexibility index (Phi) is 7.54. The molecule has 0 aliphatic rings. The highest BCUT2D eigenvalue weighted by Gasteiger charge is 2.26. The van der Waals surface area contributed by atoms with Crippen molar-refractivity contribution in [1.82, 2.24) is 9.44 Å². The number of rotatable bonds is 10. The smallest absolute Gasteiger partial charge is 0.321 e. The molecule has 0 saturated heterocycles. The molecule has 3 N–H and O–H groups in total. The minimum absolute atomic E-state index is 0.0130. The zero-order valence-corrected chi connectivity index (χ0v) is 16.0. The molecule has 0 saturated carbocycles. The average molecular weight is 392 g/mol. The van der Waals surface area contributed by atoms with Gasteiger partial charge >= 0.3 is 5.97 Å². The fourth-order valence-electron chi connectivity index (χ4n) is 2.04. The Bertz CT molecular complexity index is 786. The van der Waals surface area contributed by atoms with Crippen molar-refractivity contribution in [2.24, 2.45) is 5.92 Å². The van der Waals surface area contributed by atoms with Gasteiger partial charge in [0.15, 0.2) is 0 Å². The van der Waals surface area contributed by atoms with E-state index in [2.05, 4.69) is 9.44 Å². The predicted octanol–water partition coefficient (Wildman–Crippen LogP) is 1.15. The minimum atomic E-state index is -4.08. The molecule has 10 heteroatoms. The highest BCUT2D eigenvalue weighted by atomic mass is 32.2. The molecular weight excluding hydrogens is 368 g/mol. The molecule has 0 fully saturated rings. The maximum absolute atomic E-state index is 12.3. The van der Waals surface area contributed by atoms with Crippen molar-refractivity contribution < 1.29 is 26.7 Å². The van der Waals surface area contributed by atoms with E-state index >= 15 is 0 Å². The topological polar surface area (TPSA) is 130 Å². The molecule has 0 aliphatic heterocycles. The maximum atomic E-state index is 12.3. The molecule has 142 valence electrons. The molecule has 0 amide bonds. The summed E-state index contributed by atoms with van der Waals surface area (Å²) in [5.41, 5.74) is 0. The van der Waals surface area contributed by atoms with E-state index in [1.807, 2.05) is 6.92 Å². The first-order valence-corrected chi connectivity index (χ1v) is 10.8. The van der Waals surface area contributed by atoms with Crippen LogP contribution in [0.4, 0.5) is 0 Å². The van der Waals surface area contributed by atoms with Gasteiger partial charge in [-0.2, -0.15) is 4.72 Å². The Morgan fingerprint density at radius 3 is 1.92 bits per heavy atom. The molecule has 0 bridgehead atoms. The van der Waals surface area contributed by atoms with Crippen LogP contribution in [0.3, 0.4) is 0 Å². The van der Waals surface area contributed by atoms with Crippen molar-refractivity contribution in [3.63, 3.8) is 0 Å². The van der Waals surface area contributed by atoms with Gasteiger partial charge in [0.25, 0.3) is 0 Å². The van der Waals surface area contributed by atoms with Crippen molar-refractivity contribution in [1.29, 1.82) is 0 Å². The van der Waals surface area contributed by atoms with Gasteiger partial charge in [-0.1, -0.05) is 20.8 Å². The zero-order chi connectivity index (χ0) is 19.3. The second kappa shape index (κ2) is 8.75. The summed E-state index contributed by atoms with van der Waals surface area (Å²) in [6.45, 7) is 5.67. The summed E-state index contributed by atoms with van der Waals surface area (Å²) in [6, 6.07) is 3.36. The summed E-state index contributed by atoms with van der Waals surface area (Å²) in [7, 11) is -7.77. The highest BCUT2D eigenvalue weighted by Crippen LogP contribution is 2.16.